The van der Waals surface area contributed by atoms with Crippen LogP contribution in [0.1, 0.15) is 175 Å². The van der Waals surface area contributed by atoms with E-state index in [0.717, 1.165) is 11.8 Å². The molecule has 0 fully saturated rings. The van der Waals surface area contributed by atoms with Gasteiger partial charge in [0.1, 0.15) is 0 Å². The average Bonchev–Trinajstić information content (AvgIpc) is 2.89. The van der Waals surface area contributed by atoms with E-state index in [4.69, 9.17) is 13.3 Å². The van der Waals surface area contributed by atoms with E-state index >= 15 is 0 Å². The van der Waals surface area contributed by atoms with Gasteiger partial charge in [0.05, 0.1) is 0 Å². The Bertz CT molecular complexity index is 408. The number of hydrogen-bond donors (Lipinski definition) is 1. The van der Waals surface area contributed by atoms with E-state index in [9.17, 15) is 0 Å². The van der Waals surface area contributed by atoms with Crippen LogP contribution in [0.3, 0.4) is 0 Å². The Morgan fingerprint density at radius 2 is 0.568 bits per heavy atom. The highest BCUT2D eigenvalue weighted by atomic mass is 32.1. The molecule has 224 valence electrons. The second kappa shape index (κ2) is 31.0. The molecule has 0 amide bonds. The SMILES string of the molecule is CCO[Si](CCCCCCCCCCCCCCCCCCCCCCCCCCS)(OCC)OCC. The first-order valence-electron chi connectivity index (χ1n) is 16.8. The quantitative estimate of drug-likeness (QED) is 0.0503. The van der Waals surface area contributed by atoms with Crippen molar-refractivity contribution in [2.24, 2.45) is 0 Å². The minimum absolute atomic E-state index is 0.685. The summed E-state index contributed by atoms with van der Waals surface area (Å²) in [5.74, 6) is 1.06. The van der Waals surface area contributed by atoms with Crippen LogP contribution in [0.4, 0.5) is 0 Å². The minimum Gasteiger partial charge on any atom is -0.374 e. The fourth-order valence-corrected chi connectivity index (χ4v) is 8.25. The lowest BCUT2D eigenvalue weighted by Crippen LogP contribution is -2.45. The molecule has 5 heteroatoms. The van der Waals surface area contributed by atoms with Crippen LogP contribution < -0.4 is 0 Å². The van der Waals surface area contributed by atoms with Gasteiger partial charge in [-0.25, -0.2) is 0 Å². The molecule has 0 bridgehead atoms. The van der Waals surface area contributed by atoms with Crippen LogP contribution >= 0.6 is 12.6 Å². The molecule has 0 N–H and O–H groups in total. The summed E-state index contributed by atoms with van der Waals surface area (Å²) in [4.78, 5) is 0. The van der Waals surface area contributed by atoms with Gasteiger partial charge in [0.15, 0.2) is 0 Å². The largest absolute Gasteiger partial charge is 0.500 e. The summed E-state index contributed by atoms with van der Waals surface area (Å²) in [6.07, 6.45) is 34.0. The molecule has 0 aromatic rings. The van der Waals surface area contributed by atoms with Crippen molar-refractivity contribution >= 4 is 21.4 Å². The van der Waals surface area contributed by atoms with E-state index in [1.807, 2.05) is 20.8 Å². The zero-order valence-corrected chi connectivity index (χ0v) is 27.6. The van der Waals surface area contributed by atoms with Crippen LogP contribution in [0, 0.1) is 0 Å². The first kappa shape index (κ1) is 37.4. The monoisotopic (exact) mass is 560 g/mol. The summed E-state index contributed by atoms with van der Waals surface area (Å²) < 4.78 is 17.9. The Hall–Kier alpha value is 0.447. The third-order valence-corrected chi connectivity index (χ3v) is 11.0. The Balaban J connectivity index is 3.29. The number of unbranched alkanes of at least 4 members (excludes halogenated alkanes) is 23. The normalized spacial score (nSPS) is 12.0. The first-order valence-corrected chi connectivity index (χ1v) is 19.3. The van der Waals surface area contributed by atoms with Crippen LogP contribution in [-0.2, 0) is 13.3 Å². The zero-order chi connectivity index (χ0) is 27.1. The van der Waals surface area contributed by atoms with E-state index in [2.05, 4.69) is 12.6 Å². The van der Waals surface area contributed by atoms with Gasteiger partial charge in [-0.3, -0.25) is 0 Å². The Morgan fingerprint density at radius 1 is 0.351 bits per heavy atom. The van der Waals surface area contributed by atoms with Gasteiger partial charge in [0.2, 0.25) is 0 Å². The molecule has 0 radical (unpaired) electrons. The Kier molecular flexibility index (Phi) is 31.4. The minimum atomic E-state index is -2.42. The second-order valence-electron chi connectivity index (χ2n) is 10.9. The molecule has 0 spiro atoms. The number of rotatable bonds is 32. The summed E-state index contributed by atoms with van der Waals surface area (Å²) in [6, 6.07) is 0.972. The van der Waals surface area contributed by atoms with E-state index in [-0.39, 0.29) is 0 Å². The summed E-state index contributed by atoms with van der Waals surface area (Å²) in [5.41, 5.74) is 0. The molecule has 0 rings (SSSR count). The maximum atomic E-state index is 5.96. The zero-order valence-electron chi connectivity index (χ0n) is 25.7. The Morgan fingerprint density at radius 3 is 0.784 bits per heavy atom. The molecular weight excluding hydrogens is 493 g/mol. The van der Waals surface area contributed by atoms with Crippen molar-refractivity contribution in [3.63, 3.8) is 0 Å². The van der Waals surface area contributed by atoms with E-state index < -0.39 is 8.80 Å². The average molecular weight is 561 g/mol. The summed E-state index contributed by atoms with van der Waals surface area (Å²) in [7, 11) is -2.42. The highest BCUT2D eigenvalue weighted by molar-refractivity contribution is 7.80. The summed E-state index contributed by atoms with van der Waals surface area (Å²) in [5, 5.41) is 0. The van der Waals surface area contributed by atoms with E-state index in [1.54, 1.807) is 0 Å². The summed E-state index contributed by atoms with van der Waals surface area (Å²) in [6.45, 7) is 8.18. The van der Waals surface area contributed by atoms with E-state index in [1.165, 1.54) is 154 Å². The molecule has 0 aromatic carbocycles. The van der Waals surface area contributed by atoms with Gasteiger partial charge < -0.3 is 13.3 Å². The maximum absolute atomic E-state index is 5.96. The standard InChI is InChI=1S/C32H68O3SSi/c1-4-33-37(34-5-2,35-6-3)32-30-28-26-24-22-20-18-16-14-12-10-8-7-9-11-13-15-17-19-21-23-25-27-29-31-36/h36H,4-32H2,1-3H3. The fourth-order valence-electron chi connectivity index (χ4n) is 5.34. The smallest absolute Gasteiger partial charge is 0.374 e. The van der Waals surface area contributed by atoms with E-state index in [0.29, 0.717) is 19.8 Å². The molecule has 0 aliphatic carbocycles. The third kappa shape index (κ3) is 26.4. The lowest BCUT2D eigenvalue weighted by molar-refractivity contribution is 0.0706. The van der Waals surface area contributed by atoms with Gasteiger partial charge >= 0.3 is 8.80 Å². The van der Waals surface area contributed by atoms with Crippen LogP contribution in [0.25, 0.3) is 0 Å². The molecule has 0 heterocycles. The Labute approximate surface area is 240 Å². The van der Waals surface area contributed by atoms with Crippen molar-refractivity contribution in [1.82, 2.24) is 0 Å². The van der Waals surface area contributed by atoms with Gasteiger partial charge in [-0.15, -0.1) is 0 Å². The van der Waals surface area contributed by atoms with Gasteiger partial charge in [-0.05, 0) is 39.4 Å². The van der Waals surface area contributed by atoms with Crippen LogP contribution in [0.5, 0.6) is 0 Å². The molecule has 3 nitrogen and oxygen atoms in total. The lowest BCUT2D eigenvalue weighted by atomic mass is 10.0. The first-order chi connectivity index (χ1) is 18.2. The van der Waals surface area contributed by atoms with Crippen molar-refractivity contribution in [3.8, 4) is 0 Å². The van der Waals surface area contributed by atoms with Crippen molar-refractivity contribution in [3.05, 3.63) is 0 Å². The van der Waals surface area contributed by atoms with Crippen molar-refractivity contribution in [1.29, 1.82) is 0 Å². The summed E-state index contributed by atoms with van der Waals surface area (Å²) >= 11 is 4.28. The number of hydrogen-bond acceptors (Lipinski definition) is 4. The van der Waals surface area contributed by atoms with Crippen molar-refractivity contribution in [2.75, 3.05) is 25.6 Å². The molecule has 37 heavy (non-hydrogen) atoms. The topological polar surface area (TPSA) is 27.7 Å². The van der Waals surface area contributed by atoms with Crippen molar-refractivity contribution in [2.45, 2.75) is 181 Å². The molecule has 0 atom stereocenters. The van der Waals surface area contributed by atoms with Gasteiger partial charge in [-0.2, -0.15) is 12.6 Å². The highest BCUT2D eigenvalue weighted by Crippen LogP contribution is 2.21. The van der Waals surface area contributed by atoms with Crippen LogP contribution in [0.2, 0.25) is 6.04 Å². The molecule has 0 aliphatic rings. The van der Waals surface area contributed by atoms with Crippen LogP contribution in [-0.4, -0.2) is 34.4 Å². The predicted octanol–water partition coefficient (Wildman–Crippen LogP) is 11.3. The second-order valence-corrected chi connectivity index (χ2v) is 14.1. The fraction of sp³-hybridized carbons (Fsp3) is 1.00. The number of thiol groups is 1. The van der Waals surface area contributed by atoms with Crippen LogP contribution in [0.15, 0.2) is 0 Å². The van der Waals surface area contributed by atoms with Gasteiger partial charge in [0.25, 0.3) is 0 Å². The highest BCUT2D eigenvalue weighted by Gasteiger charge is 2.39. The molecule has 0 aromatic heterocycles. The molecular formula is C32H68O3SSi. The van der Waals surface area contributed by atoms with Gasteiger partial charge in [0, 0.05) is 25.9 Å². The molecule has 0 aliphatic heterocycles. The maximum Gasteiger partial charge on any atom is 0.500 e. The van der Waals surface area contributed by atoms with Crippen molar-refractivity contribution < 1.29 is 13.3 Å². The molecule has 0 unspecified atom stereocenters. The van der Waals surface area contributed by atoms with Gasteiger partial charge in [-0.1, -0.05) is 141 Å². The molecule has 0 saturated heterocycles. The third-order valence-electron chi connectivity index (χ3n) is 7.48. The lowest BCUT2D eigenvalue weighted by Gasteiger charge is -2.28. The molecule has 0 saturated carbocycles. The predicted molar refractivity (Wildman–Crippen MR) is 170 cm³/mol.